The maximum Gasteiger partial charge on any atom is 0.511 e. The number of ketones is 1. The van der Waals surface area contributed by atoms with Crippen molar-refractivity contribution in [3.8, 4) is 5.75 Å². The van der Waals surface area contributed by atoms with Crippen LogP contribution in [-0.4, -0.2) is 17.0 Å². The molecule has 0 atom stereocenters. The molecule has 5 heteroatoms. The van der Waals surface area contributed by atoms with Crippen molar-refractivity contribution in [2.45, 2.75) is 35.5 Å². The van der Waals surface area contributed by atoms with E-state index in [4.69, 9.17) is 9.84 Å². The Bertz CT molecular complexity index is 841. The minimum absolute atomic E-state index is 0.118. The SMILES string of the molecule is O=C(O)Oc1ccc2c(c1)Sc1cc3c(cc1C(=O)C2)CCC3. The lowest BCUT2D eigenvalue weighted by Gasteiger charge is -2.09. The maximum absolute atomic E-state index is 12.6. The summed E-state index contributed by atoms with van der Waals surface area (Å²) in [6.45, 7) is 0. The monoisotopic (exact) mass is 326 g/mol. The average Bonchev–Trinajstić information content (AvgIpc) is 2.90. The lowest BCUT2D eigenvalue weighted by Crippen LogP contribution is -2.05. The van der Waals surface area contributed by atoms with E-state index in [-0.39, 0.29) is 11.5 Å². The molecule has 0 amide bonds. The second-order valence-corrected chi connectivity index (χ2v) is 6.89. The van der Waals surface area contributed by atoms with Gasteiger partial charge in [0.15, 0.2) is 5.78 Å². The molecule has 4 nitrogen and oxygen atoms in total. The summed E-state index contributed by atoms with van der Waals surface area (Å²) in [7, 11) is 0. The second-order valence-electron chi connectivity index (χ2n) is 5.81. The zero-order valence-electron chi connectivity index (χ0n) is 12.3. The number of aryl methyl sites for hydroxylation is 2. The standard InChI is InChI=1S/C18H14O4S/c19-15-7-12-4-5-13(22-18(20)21)9-16(12)23-17-8-11-3-1-2-10(11)6-14(15)17/h4-6,8-9H,1-3,7H2,(H,20,21). The summed E-state index contributed by atoms with van der Waals surface area (Å²) in [5, 5.41) is 8.75. The van der Waals surface area contributed by atoms with Gasteiger partial charge in [-0.25, -0.2) is 4.79 Å². The van der Waals surface area contributed by atoms with Gasteiger partial charge in [0.25, 0.3) is 0 Å². The van der Waals surface area contributed by atoms with Crippen LogP contribution >= 0.6 is 11.8 Å². The Hall–Kier alpha value is -2.27. The summed E-state index contributed by atoms with van der Waals surface area (Å²) in [6, 6.07) is 9.24. The first-order chi connectivity index (χ1) is 11.1. The van der Waals surface area contributed by atoms with Gasteiger partial charge in [-0.05, 0) is 60.2 Å². The van der Waals surface area contributed by atoms with E-state index in [2.05, 4.69) is 6.07 Å². The lowest BCUT2D eigenvalue weighted by atomic mass is 9.99. The molecule has 0 aromatic heterocycles. The van der Waals surface area contributed by atoms with Crippen LogP contribution in [0.2, 0.25) is 0 Å². The van der Waals surface area contributed by atoms with E-state index in [0.717, 1.165) is 40.2 Å². The number of benzene rings is 2. The highest BCUT2D eigenvalue weighted by Crippen LogP contribution is 2.41. The number of fused-ring (bicyclic) bond motifs is 3. The molecule has 0 saturated carbocycles. The van der Waals surface area contributed by atoms with E-state index in [9.17, 15) is 9.59 Å². The van der Waals surface area contributed by atoms with Crippen molar-refractivity contribution >= 4 is 23.7 Å². The fraction of sp³-hybridized carbons (Fsp3) is 0.222. The van der Waals surface area contributed by atoms with Gasteiger partial charge in [-0.3, -0.25) is 4.79 Å². The predicted octanol–water partition coefficient (Wildman–Crippen LogP) is 4.12. The van der Waals surface area contributed by atoms with Gasteiger partial charge < -0.3 is 9.84 Å². The van der Waals surface area contributed by atoms with Crippen LogP contribution in [0.15, 0.2) is 40.1 Å². The van der Waals surface area contributed by atoms with Gasteiger partial charge in [0, 0.05) is 21.8 Å². The van der Waals surface area contributed by atoms with Crippen LogP contribution in [0, 0.1) is 0 Å². The van der Waals surface area contributed by atoms with Crippen molar-refractivity contribution in [2.75, 3.05) is 0 Å². The van der Waals surface area contributed by atoms with Crippen molar-refractivity contribution in [1.29, 1.82) is 0 Å². The zero-order valence-corrected chi connectivity index (χ0v) is 13.1. The molecule has 0 radical (unpaired) electrons. The van der Waals surface area contributed by atoms with E-state index in [0.29, 0.717) is 6.42 Å². The zero-order chi connectivity index (χ0) is 16.0. The van der Waals surface area contributed by atoms with Gasteiger partial charge in [-0.1, -0.05) is 17.8 Å². The number of hydrogen-bond donors (Lipinski definition) is 1. The van der Waals surface area contributed by atoms with Crippen LogP contribution < -0.4 is 4.74 Å². The number of carbonyl (C=O) groups is 2. The van der Waals surface area contributed by atoms with Crippen LogP contribution in [0.5, 0.6) is 5.75 Å². The van der Waals surface area contributed by atoms with E-state index < -0.39 is 6.16 Å². The van der Waals surface area contributed by atoms with Crippen LogP contribution in [0.4, 0.5) is 4.79 Å². The Morgan fingerprint density at radius 3 is 2.61 bits per heavy atom. The molecular formula is C18H14O4S. The lowest BCUT2D eigenvalue weighted by molar-refractivity contribution is 0.0989. The Morgan fingerprint density at radius 1 is 1.04 bits per heavy atom. The second kappa shape index (κ2) is 5.42. The topological polar surface area (TPSA) is 63.6 Å². The van der Waals surface area contributed by atoms with E-state index >= 15 is 0 Å². The number of rotatable bonds is 1. The molecule has 0 bridgehead atoms. The molecule has 0 saturated heterocycles. The van der Waals surface area contributed by atoms with Crippen LogP contribution in [0.1, 0.15) is 33.5 Å². The molecule has 2 aliphatic rings. The van der Waals surface area contributed by atoms with Crippen molar-refractivity contribution in [3.05, 3.63) is 52.6 Å². The molecule has 0 fully saturated rings. The molecule has 1 heterocycles. The number of carbonyl (C=O) groups excluding carboxylic acids is 1. The van der Waals surface area contributed by atoms with E-state index in [1.54, 1.807) is 18.2 Å². The summed E-state index contributed by atoms with van der Waals surface area (Å²) in [6.07, 6.45) is 2.25. The first kappa shape index (κ1) is 14.3. The molecule has 1 N–H and O–H groups in total. The molecule has 0 spiro atoms. The predicted molar refractivity (Wildman–Crippen MR) is 85.7 cm³/mol. The quantitative estimate of drug-likeness (QED) is 0.631. The third-order valence-corrected chi connectivity index (χ3v) is 5.47. The first-order valence-electron chi connectivity index (χ1n) is 7.51. The van der Waals surface area contributed by atoms with Crippen LogP contribution in [-0.2, 0) is 19.3 Å². The fourth-order valence-corrected chi connectivity index (χ4v) is 4.40. The molecule has 1 aliphatic carbocycles. The summed E-state index contributed by atoms with van der Waals surface area (Å²) >= 11 is 1.52. The normalized spacial score (nSPS) is 15.4. The molecular weight excluding hydrogens is 312 g/mol. The molecule has 23 heavy (non-hydrogen) atoms. The first-order valence-corrected chi connectivity index (χ1v) is 8.32. The van der Waals surface area contributed by atoms with Crippen molar-refractivity contribution < 1.29 is 19.4 Å². The fourth-order valence-electron chi connectivity index (χ4n) is 3.23. The van der Waals surface area contributed by atoms with Crippen molar-refractivity contribution in [1.82, 2.24) is 0 Å². The Kier molecular flexibility index (Phi) is 3.38. The summed E-state index contributed by atoms with van der Waals surface area (Å²) in [4.78, 5) is 25.1. The van der Waals surface area contributed by atoms with Crippen molar-refractivity contribution in [3.63, 3.8) is 0 Å². The van der Waals surface area contributed by atoms with Crippen LogP contribution in [0.25, 0.3) is 0 Å². The molecule has 4 rings (SSSR count). The van der Waals surface area contributed by atoms with Gasteiger partial charge in [0.1, 0.15) is 5.75 Å². The Labute approximate surface area is 137 Å². The Morgan fingerprint density at radius 2 is 1.83 bits per heavy atom. The highest BCUT2D eigenvalue weighted by atomic mass is 32.2. The highest BCUT2D eigenvalue weighted by Gasteiger charge is 2.24. The maximum atomic E-state index is 12.6. The number of hydrogen-bond acceptors (Lipinski definition) is 4. The third kappa shape index (κ3) is 2.61. The highest BCUT2D eigenvalue weighted by molar-refractivity contribution is 7.99. The van der Waals surface area contributed by atoms with Gasteiger partial charge in [-0.15, -0.1) is 0 Å². The van der Waals surface area contributed by atoms with Gasteiger partial charge in [0.05, 0.1) is 0 Å². The number of ether oxygens (including phenoxy) is 1. The Balaban J connectivity index is 1.78. The summed E-state index contributed by atoms with van der Waals surface area (Å²) in [5.41, 5.74) is 4.31. The van der Waals surface area contributed by atoms with Crippen LogP contribution in [0.3, 0.4) is 0 Å². The number of carboxylic acid groups (broad SMARTS) is 1. The van der Waals surface area contributed by atoms with Gasteiger partial charge >= 0.3 is 6.16 Å². The smallest absolute Gasteiger partial charge is 0.449 e. The largest absolute Gasteiger partial charge is 0.511 e. The molecule has 2 aromatic rings. The van der Waals surface area contributed by atoms with E-state index in [1.165, 1.54) is 22.9 Å². The minimum atomic E-state index is -1.34. The minimum Gasteiger partial charge on any atom is -0.449 e. The average molecular weight is 326 g/mol. The molecule has 116 valence electrons. The third-order valence-electron chi connectivity index (χ3n) is 4.31. The summed E-state index contributed by atoms with van der Waals surface area (Å²) in [5.74, 6) is 0.397. The molecule has 1 aliphatic heterocycles. The van der Waals surface area contributed by atoms with Gasteiger partial charge in [-0.2, -0.15) is 0 Å². The number of Topliss-reactive ketones (excluding diaryl/α,β-unsaturated/α-hetero) is 1. The molecule has 0 unspecified atom stereocenters. The summed E-state index contributed by atoms with van der Waals surface area (Å²) < 4.78 is 4.73. The molecule has 2 aromatic carbocycles. The van der Waals surface area contributed by atoms with Crippen molar-refractivity contribution in [2.24, 2.45) is 0 Å². The van der Waals surface area contributed by atoms with Gasteiger partial charge in [0.2, 0.25) is 0 Å². The van der Waals surface area contributed by atoms with E-state index in [1.807, 2.05) is 6.07 Å².